The first kappa shape index (κ1) is 16.8. The van der Waals surface area contributed by atoms with Crippen LogP contribution < -0.4 is 4.74 Å². The number of nitrogens with zero attached hydrogens (tertiary/aromatic N) is 4. The molecule has 0 saturated heterocycles. The number of para-hydroxylation sites is 1. The Balaban J connectivity index is 1.78. The minimum absolute atomic E-state index is 0.340. The van der Waals surface area contributed by atoms with E-state index in [1.165, 1.54) is 11.8 Å². The first-order valence-electron chi connectivity index (χ1n) is 7.89. The number of rotatable bonds is 5. The molecule has 0 bridgehead atoms. The molecular formula is C18H20N4O3. The van der Waals surface area contributed by atoms with Crippen molar-refractivity contribution < 1.29 is 14.3 Å². The average molecular weight is 340 g/mol. The summed E-state index contributed by atoms with van der Waals surface area (Å²) in [5, 5.41) is 8.53. The van der Waals surface area contributed by atoms with Gasteiger partial charge in [-0.15, -0.1) is 0 Å². The summed E-state index contributed by atoms with van der Waals surface area (Å²) in [5.41, 5.74) is 2.65. The second-order valence-electron chi connectivity index (χ2n) is 5.69. The van der Waals surface area contributed by atoms with Crippen LogP contribution in [-0.4, -0.2) is 32.6 Å². The summed E-state index contributed by atoms with van der Waals surface area (Å²) in [6.45, 7) is 3.56. The molecule has 7 nitrogen and oxygen atoms in total. The zero-order valence-corrected chi connectivity index (χ0v) is 14.6. The first-order chi connectivity index (χ1) is 12.0. The molecule has 0 radical (unpaired) electrons. The highest BCUT2D eigenvalue weighted by atomic mass is 16.5. The monoisotopic (exact) mass is 340 g/mol. The van der Waals surface area contributed by atoms with Crippen molar-refractivity contribution in [3.8, 4) is 11.6 Å². The second-order valence-corrected chi connectivity index (χ2v) is 5.69. The Bertz CT molecular complexity index is 883. The number of esters is 1. The molecule has 2 aromatic heterocycles. The van der Waals surface area contributed by atoms with E-state index in [9.17, 15) is 4.79 Å². The Hall–Kier alpha value is -3.09. The number of methoxy groups -OCH3 is 1. The van der Waals surface area contributed by atoms with Crippen LogP contribution in [0.4, 0.5) is 0 Å². The first-order valence-corrected chi connectivity index (χ1v) is 7.89. The highest BCUT2D eigenvalue weighted by Crippen LogP contribution is 2.25. The van der Waals surface area contributed by atoms with Gasteiger partial charge in [0.2, 0.25) is 5.88 Å². The van der Waals surface area contributed by atoms with E-state index >= 15 is 0 Å². The van der Waals surface area contributed by atoms with Gasteiger partial charge >= 0.3 is 5.97 Å². The Labute approximate surface area is 145 Å². The minimum atomic E-state index is -0.470. The van der Waals surface area contributed by atoms with E-state index in [-0.39, 0.29) is 0 Å². The third-order valence-electron chi connectivity index (χ3n) is 3.94. The van der Waals surface area contributed by atoms with Crippen molar-refractivity contribution >= 4 is 5.97 Å². The number of ether oxygens (including phenoxy) is 2. The van der Waals surface area contributed by atoms with Gasteiger partial charge in [-0.05, 0) is 26.0 Å². The fourth-order valence-electron chi connectivity index (χ4n) is 2.66. The van der Waals surface area contributed by atoms with E-state index in [4.69, 9.17) is 9.47 Å². The second kappa shape index (κ2) is 6.80. The molecule has 7 heteroatoms. The summed E-state index contributed by atoms with van der Waals surface area (Å²) in [6, 6.07) is 9.74. The predicted octanol–water partition coefficient (Wildman–Crippen LogP) is 2.84. The lowest BCUT2D eigenvalue weighted by Gasteiger charge is -2.12. The standard InChI is InChI=1S/C18H20N4O3/c1-12-16(17(24-4)21(3)20-12)18(23)25-13(2)14-10-19-22(11-14)15-8-6-5-7-9-15/h5-11,13H,1-4H3/t13-/m0/s1. The molecule has 2 heterocycles. The maximum absolute atomic E-state index is 12.5. The SMILES string of the molecule is COc1c(C(=O)O[C@@H](C)c2cnn(-c3ccccc3)c2)c(C)nn1C. The highest BCUT2D eigenvalue weighted by Gasteiger charge is 2.25. The summed E-state index contributed by atoms with van der Waals surface area (Å²) in [6.07, 6.45) is 3.09. The molecule has 0 amide bonds. The van der Waals surface area contributed by atoms with Crippen LogP contribution in [0.2, 0.25) is 0 Å². The molecule has 1 atom stereocenters. The summed E-state index contributed by atoms with van der Waals surface area (Å²) in [4.78, 5) is 12.5. The van der Waals surface area contributed by atoms with Crippen molar-refractivity contribution in [1.82, 2.24) is 19.6 Å². The van der Waals surface area contributed by atoms with Crippen LogP contribution in [0, 0.1) is 6.92 Å². The molecule has 0 saturated carbocycles. The van der Waals surface area contributed by atoms with E-state index < -0.39 is 12.1 Å². The highest BCUT2D eigenvalue weighted by molar-refractivity contribution is 5.93. The molecule has 0 aliphatic carbocycles. The number of aromatic nitrogens is 4. The van der Waals surface area contributed by atoms with E-state index in [1.807, 2.05) is 43.5 Å². The number of hydrogen-bond acceptors (Lipinski definition) is 5. The van der Waals surface area contributed by atoms with Crippen molar-refractivity contribution in [2.75, 3.05) is 7.11 Å². The molecular weight excluding hydrogens is 320 g/mol. The van der Waals surface area contributed by atoms with Crippen LogP contribution in [0.3, 0.4) is 0 Å². The van der Waals surface area contributed by atoms with Gasteiger partial charge in [0.25, 0.3) is 0 Å². The van der Waals surface area contributed by atoms with E-state index in [2.05, 4.69) is 10.2 Å². The quantitative estimate of drug-likeness (QED) is 0.668. The van der Waals surface area contributed by atoms with Gasteiger partial charge in [0.1, 0.15) is 11.7 Å². The van der Waals surface area contributed by atoms with Crippen molar-refractivity contribution in [2.24, 2.45) is 7.05 Å². The largest absolute Gasteiger partial charge is 0.481 e. The van der Waals surface area contributed by atoms with Gasteiger partial charge < -0.3 is 9.47 Å². The van der Waals surface area contributed by atoms with Crippen LogP contribution in [0.1, 0.15) is 34.6 Å². The zero-order chi connectivity index (χ0) is 18.0. The summed E-state index contributed by atoms with van der Waals surface area (Å²) in [5.74, 6) is -0.0860. The molecule has 0 aliphatic heterocycles. The Kier molecular flexibility index (Phi) is 4.56. The Morgan fingerprint density at radius 3 is 2.64 bits per heavy atom. The van der Waals surface area contributed by atoms with Crippen LogP contribution in [-0.2, 0) is 11.8 Å². The summed E-state index contributed by atoms with van der Waals surface area (Å²) in [7, 11) is 3.22. The molecule has 3 rings (SSSR count). The third-order valence-corrected chi connectivity index (χ3v) is 3.94. The normalized spacial score (nSPS) is 12.0. The maximum Gasteiger partial charge on any atom is 0.346 e. The minimum Gasteiger partial charge on any atom is -0.481 e. The molecule has 3 aromatic rings. The molecule has 0 unspecified atom stereocenters. The van der Waals surface area contributed by atoms with E-state index in [0.29, 0.717) is 17.1 Å². The summed E-state index contributed by atoms with van der Waals surface area (Å²) >= 11 is 0. The van der Waals surface area contributed by atoms with Gasteiger partial charge in [0.15, 0.2) is 0 Å². The van der Waals surface area contributed by atoms with Crippen LogP contribution in [0.5, 0.6) is 5.88 Å². The topological polar surface area (TPSA) is 71.2 Å². The number of hydrogen-bond donors (Lipinski definition) is 0. The molecule has 1 aromatic carbocycles. The summed E-state index contributed by atoms with van der Waals surface area (Å²) < 4.78 is 14.1. The molecule has 0 fully saturated rings. The Morgan fingerprint density at radius 2 is 1.96 bits per heavy atom. The number of benzene rings is 1. The van der Waals surface area contributed by atoms with Crippen LogP contribution in [0.25, 0.3) is 5.69 Å². The number of carbonyl (C=O) groups excluding carboxylic acids is 1. The molecule has 0 aliphatic rings. The molecule has 130 valence electrons. The van der Waals surface area contributed by atoms with Crippen LogP contribution in [0.15, 0.2) is 42.7 Å². The predicted molar refractivity (Wildman–Crippen MR) is 91.9 cm³/mol. The van der Waals surface area contributed by atoms with Crippen LogP contribution >= 0.6 is 0 Å². The number of aryl methyl sites for hydroxylation is 2. The van der Waals surface area contributed by atoms with Crippen molar-refractivity contribution in [3.05, 3.63) is 59.5 Å². The van der Waals surface area contributed by atoms with Crippen molar-refractivity contribution in [2.45, 2.75) is 20.0 Å². The third kappa shape index (κ3) is 3.26. The molecule has 0 spiro atoms. The fraction of sp³-hybridized carbons (Fsp3) is 0.278. The number of carbonyl (C=O) groups is 1. The average Bonchev–Trinajstić information content (AvgIpc) is 3.19. The van der Waals surface area contributed by atoms with Gasteiger partial charge in [-0.25, -0.2) is 14.2 Å². The Morgan fingerprint density at radius 1 is 1.24 bits per heavy atom. The fourth-order valence-corrected chi connectivity index (χ4v) is 2.66. The van der Waals surface area contributed by atoms with E-state index in [1.54, 1.807) is 24.9 Å². The van der Waals surface area contributed by atoms with Gasteiger partial charge in [-0.2, -0.15) is 10.2 Å². The smallest absolute Gasteiger partial charge is 0.346 e. The van der Waals surface area contributed by atoms with Gasteiger partial charge in [0.05, 0.1) is 24.7 Å². The van der Waals surface area contributed by atoms with Gasteiger partial charge in [0, 0.05) is 18.8 Å². The lowest BCUT2D eigenvalue weighted by atomic mass is 10.2. The van der Waals surface area contributed by atoms with Crippen molar-refractivity contribution in [3.63, 3.8) is 0 Å². The molecule has 0 N–H and O–H groups in total. The molecule has 25 heavy (non-hydrogen) atoms. The lowest BCUT2D eigenvalue weighted by Crippen LogP contribution is -2.11. The van der Waals surface area contributed by atoms with Gasteiger partial charge in [-0.3, -0.25) is 0 Å². The van der Waals surface area contributed by atoms with Crippen molar-refractivity contribution in [1.29, 1.82) is 0 Å². The van der Waals surface area contributed by atoms with Gasteiger partial charge in [-0.1, -0.05) is 18.2 Å². The van der Waals surface area contributed by atoms with E-state index in [0.717, 1.165) is 11.3 Å². The maximum atomic E-state index is 12.5. The lowest BCUT2D eigenvalue weighted by molar-refractivity contribution is 0.0333. The zero-order valence-electron chi connectivity index (χ0n) is 14.6.